The Morgan fingerprint density at radius 3 is 1.64 bits per heavy atom. The summed E-state index contributed by atoms with van der Waals surface area (Å²) in [5.41, 5.74) is -5.68. The Balaban J connectivity index is 1.07. The molecular formula is C79H56N4OSi. The smallest absolute Gasteiger partial charge is 0.269 e. The number of para-hydroxylation sites is 4. The fourth-order valence-corrected chi connectivity index (χ4v) is 14.6. The Morgan fingerprint density at radius 1 is 0.459 bits per heavy atom. The number of benzene rings is 12. The molecule has 0 atom stereocenters. The largest absolute Gasteiger partial charge is 0.458 e. The molecule has 0 fully saturated rings. The maximum absolute atomic E-state index is 10.6. The number of nitrogens with zero attached hydrogens (tertiary/aromatic N) is 4. The van der Waals surface area contributed by atoms with Gasteiger partial charge < -0.3 is 4.74 Å². The van der Waals surface area contributed by atoms with Crippen molar-refractivity contribution >= 4 is 61.7 Å². The van der Waals surface area contributed by atoms with Gasteiger partial charge in [-0.1, -0.05) is 248 Å². The zero-order chi connectivity index (χ0) is 87.9. The van der Waals surface area contributed by atoms with Crippen molar-refractivity contribution in [3.05, 3.63) is 333 Å². The van der Waals surface area contributed by atoms with E-state index in [9.17, 15) is 26.0 Å². The van der Waals surface area contributed by atoms with Gasteiger partial charge in [0.25, 0.3) is 6.33 Å². The van der Waals surface area contributed by atoms with Crippen LogP contribution in [0.2, 0.25) is 0 Å². The Morgan fingerprint density at radius 2 is 1.00 bits per heavy atom. The first-order chi connectivity index (χ1) is 57.0. The molecule has 0 saturated carbocycles. The van der Waals surface area contributed by atoms with Crippen LogP contribution in [0.1, 0.15) is 54.9 Å². The van der Waals surface area contributed by atoms with Gasteiger partial charge in [0.2, 0.25) is 0 Å². The normalized spacial score (nSPS) is 17.7. The molecule has 0 aliphatic rings. The summed E-state index contributed by atoms with van der Waals surface area (Å²) in [5.74, 6) is 0.255. The quantitative estimate of drug-likeness (QED) is 0.0499. The second-order valence-electron chi connectivity index (χ2n) is 18.9. The maximum Gasteiger partial charge on any atom is 0.269 e. The van der Waals surface area contributed by atoms with Crippen molar-refractivity contribution in [1.29, 1.82) is 0 Å². The Bertz CT molecular complexity index is 6680. The van der Waals surface area contributed by atoms with Crippen molar-refractivity contribution in [3.8, 4) is 73.2 Å². The van der Waals surface area contributed by atoms with Crippen molar-refractivity contribution in [2.45, 2.75) is 6.85 Å². The predicted molar refractivity (Wildman–Crippen MR) is 352 cm³/mol. The van der Waals surface area contributed by atoms with Crippen molar-refractivity contribution < 1.29 is 58.7 Å². The van der Waals surface area contributed by atoms with E-state index in [1.165, 1.54) is 33.4 Å². The molecule has 0 aliphatic carbocycles. The van der Waals surface area contributed by atoms with Gasteiger partial charge in [-0.05, 0) is 133 Å². The Labute approximate surface area is 546 Å². The maximum atomic E-state index is 10.6. The van der Waals surface area contributed by atoms with Crippen LogP contribution in [0.3, 0.4) is 0 Å². The summed E-state index contributed by atoms with van der Waals surface area (Å²) in [4.78, 5) is 4.68. The average molecular weight is 1140 g/mol. The molecule has 0 bridgehead atoms. The van der Waals surface area contributed by atoms with E-state index < -0.39 is 280 Å². The summed E-state index contributed by atoms with van der Waals surface area (Å²) >= 11 is 0. The highest BCUT2D eigenvalue weighted by atomic mass is 28.3. The molecule has 85 heavy (non-hydrogen) atoms. The highest BCUT2D eigenvalue weighted by Crippen LogP contribution is 2.38. The van der Waals surface area contributed by atoms with Gasteiger partial charge in [-0.2, -0.15) is 0 Å². The lowest BCUT2D eigenvalue weighted by Crippen LogP contribution is -2.76. The van der Waals surface area contributed by atoms with E-state index in [0.717, 1.165) is 24.4 Å². The first-order valence-electron chi connectivity index (χ1n) is 44.0. The molecule has 0 N–H and O–H groups in total. The van der Waals surface area contributed by atoms with Gasteiger partial charge in [0.15, 0.2) is 8.07 Å². The van der Waals surface area contributed by atoms with Gasteiger partial charge in [0.1, 0.15) is 17.3 Å². The molecule has 15 aromatic rings. The molecule has 0 spiro atoms. The van der Waals surface area contributed by atoms with E-state index >= 15 is 0 Å². The van der Waals surface area contributed by atoms with Crippen molar-refractivity contribution in [3.63, 3.8) is 0 Å². The van der Waals surface area contributed by atoms with E-state index in [1.54, 1.807) is 71.3 Å². The molecule has 402 valence electrons. The topological polar surface area (TPSA) is 35.9 Å². The molecule has 12 aromatic carbocycles. The Hall–Kier alpha value is -10.9. The second kappa shape index (κ2) is 21.8. The molecule has 6 heteroatoms. The number of aryl methyl sites for hydroxylation is 1. The van der Waals surface area contributed by atoms with Crippen molar-refractivity contribution in [2.75, 3.05) is 0 Å². The number of ether oxygens (including phenoxy) is 1. The van der Waals surface area contributed by atoms with Crippen LogP contribution in [-0.2, 0) is 0 Å². The highest BCUT2D eigenvalue weighted by Gasteiger charge is 2.44. The molecule has 0 amide bonds. The third kappa shape index (κ3) is 9.13. The number of pyridine rings is 1. The lowest BCUT2D eigenvalue weighted by atomic mass is 9.92. The molecule has 3 aromatic heterocycles. The number of fused-ring (bicyclic) bond motifs is 4. The minimum absolute atomic E-state index is 0.0331. The third-order valence-electron chi connectivity index (χ3n) is 14.2. The summed E-state index contributed by atoms with van der Waals surface area (Å²) in [6.07, 6.45) is 4.42. The Kier molecular flexibility index (Phi) is 6.58. The van der Waals surface area contributed by atoms with E-state index in [-0.39, 0.29) is 45.2 Å². The van der Waals surface area contributed by atoms with Crippen molar-refractivity contribution in [1.82, 2.24) is 14.1 Å². The van der Waals surface area contributed by atoms with Gasteiger partial charge in [0.05, 0.1) is 78.7 Å². The number of hydrogen-bond donors (Lipinski definition) is 0. The summed E-state index contributed by atoms with van der Waals surface area (Å²) in [5, 5.41) is -2.42. The van der Waals surface area contributed by atoms with Gasteiger partial charge in [-0.3, -0.25) is 13.7 Å². The van der Waals surface area contributed by atoms with Gasteiger partial charge in [0, 0.05) is 32.7 Å². The number of hydrogen-bond acceptors (Lipinski definition) is 2. The van der Waals surface area contributed by atoms with E-state index in [2.05, 4.69) is 11.3 Å². The molecule has 0 aliphatic heterocycles. The summed E-state index contributed by atoms with van der Waals surface area (Å²) < 4.78 is 345. The van der Waals surface area contributed by atoms with Crippen LogP contribution in [0.15, 0.2) is 321 Å². The summed E-state index contributed by atoms with van der Waals surface area (Å²) in [6, 6.07) is -5.37. The second-order valence-corrected chi connectivity index (χ2v) is 22.5. The van der Waals surface area contributed by atoms with Crippen LogP contribution >= 0.6 is 0 Å². The first kappa shape index (κ1) is 25.7. The summed E-state index contributed by atoms with van der Waals surface area (Å²) in [6.45, 7) is -2.95. The van der Waals surface area contributed by atoms with E-state index in [1.807, 2.05) is 6.07 Å². The van der Waals surface area contributed by atoms with Crippen LogP contribution in [0.5, 0.6) is 11.5 Å². The summed E-state index contributed by atoms with van der Waals surface area (Å²) in [7, 11) is -6.45. The van der Waals surface area contributed by atoms with Crippen LogP contribution in [0.4, 0.5) is 0 Å². The van der Waals surface area contributed by atoms with Gasteiger partial charge >= 0.3 is 0 Å². The third-order valence-corrected chi connectivity index (χ3v) is 18.4. The minimum atomic E-state index is -6.45. The fraction of sp³-hybridized carbons (Fsp3) is 0.0127. The van der Waals surface area contributed by atoms with Crippen molar-refractivity contribution in [2.24, 2.45) is 0 Å². The molecule has 5 nitrogen and oxygen atoms in total. The van der Waals surface area contributed by atoms with E-state index in [4.69, 9.17) is 28.0 Å². The SMILES string of the molecule is [2H]c1c([2H])c([2H])c(-c2cnc(-n3c4ccccc4c4ccc(Oc5cccc(-n6[c-][n+](-c7c(-c8c([2H])c(-c9c([2H])c([2H])c([2H])c([2H])c9[2H])c([2H])c(-c9c([2H])c([2H])c([2H])c([2H])c9[2H])c8[2H])cccc7[Si](c7c([2H])c([2H])c([2H])c([2H])c7[2H])(c7c([2H])c([2H])c([2H])c([2H])c7[2H])c7c([2H])c([2H])c([2H])c([2H])c7[2H])c7ccccc76)c5)cc43)cc2C([2H])([2H])[2H])c([2H])c1[2H]. The number of rotatable bonds is 13. The molecular weight excluding hydrogens is 1050 g/mol. The molecule has 0 unspecified atom stereocenters. The van der Waals surface area contributed by atoms with E-state index in [0.29, 0.717) is 21.8 Å². The minimum Gasteiger partial charge on any atom is -0.458 e. The lowest BCUT2D eigenvalue weighted by molar-refractivity contribution is -0.570. The average Bonchev–Trinajstić information content (AvgIpc) is 1.12. The van der Waals surface area contributed by atoms with Crippen LogP contribution < -0.4 is 30.1 Å². The fourth-order valence-electron chi connectivity index (χ4n) is 10.6. The monoisotopic (exact) mass is 1140 g/mol. The number of imidazole rings is 1. The van der Waals surface area contributed by atoms with Crippen LogP contribution in [0.25, 0.3) is 94.5 Å². The molecule has 0 radical (unpaired) electrons. The van der Waals surface area contributed by atoms with Gasteiger partial charge in [-0.25, -0.2) is 4.98 Å². The zero-order valence-corrected chi connectivity index (χ0v) is 44.7. The van der Waals surface area contributed by atoms with Crippen LogP contribution in [0, 0.1) is 13.2 Å². The molecule has 3 heterocycles. The standard InChI is InChI=1S/C79H56N4OSi/c1-56-48-78(80-54-72(56)59-30-12-4-13-31-59)83-73-42-21-20-40-70(73)71-47-46-65(53-76(71)83)84-64-33-24-32-63(52-64)81-55-82(75-44-23-22-43-74(75)81)79-69(62-50-60(57-26-8-2-9-27-57)49-61(51-62)58-28-10-3-11-29-58)41-25-45-77(79)85(66-34-14-5-15-35-66,67-36-16-6-17-37-67)68-38-18-7-19-39-68/h2-54H,1H3/i1D3,2D,3D,4D,5D,6D,7D,8D,9D,10D,11D,12D,13D,14D,15D,16D,17D,18D,19D,26D,27D,28D,29D,30D,31D,34D,35D,36D,37D,38D,39D,49D,50D,51D. The predicted octanol–water partition coefficient (Wildman–Crippen LogP) is 16.3. The van der Waals surface area contributed by atoms with Crippen LogP contribution in [-0.4, -0.2) is 22.2 Å². The number of aromatic nitrogens is 4. The lowest BCUT2D eigenvalue weighted by Gasteiger charge is -2.37. The highest BCUT2D eigenvalue weighted by molar-refractivity contribution is 7.20. The molecule has 15 rings (SSSR count). The molecule has 0 saturated heterocycles. The first-order valence-corrected chi connectivity index (χ1v) is 28.0. The zero-order valence-electron chi connectivity index (χ0n) is 79.7. The van der Waals surface area contributed by atoms with Gasteiger partial charge in [-0.15, -0.1) is 0 Å².